The maximum Gasteiger partial charge on any atom is 0.164 e. The van der Waals surface area contributed by atoms with Gasteiger partial charge in [0.1, 0.15) is 16.6 Å². The predicted molar refractivity (Wildman–Crippen MR) is 88.3 cm³/mol. The van der Waals surface area contributed by atoms with Crippen LogP contribution in [-0.4, -0.2) is 25.7 Å². The van der Waals surface area contributed by atoms with Gasteiger partial charge in [-0.2, -0.15) is 9.64 Å². The van der Waals surface area contributed by atoms with Crippen molar-refractivity contribution in [3.8, 4) is 17.5 Å². The van der Waals surface area contributed by atoms with Crippen molar-refractivity contribution >= 4 is 28.1 Å². The Balaban J connectivity index is 1.67. The Labute approximate surface area is 141 Å². The molecule has 0 radical (unpaired) electrons. The van der Waals surface area contributed by atoms with E-state index in [1.54, 1.807) is 0 Å². The van der Waals surface area contributed by atoms with Crippen molar-refractivity contribution in [3.63, 3.8) is 0 Å². The van der Waals surface area contributed by atoms with Crippen LogP contribution in [0.15, 0.2) is 30.3 Å². The van der Waals surface area contributed by atoms with Gasteiger partial charge in [-0.1, -0.05) is 41.9 Å². The molecule has 1 aliphatic rings. The van der Waals surface area contributed by atoms with E-state index in [-0.39, 0.29) is 5.15 Å². The van der Waals surface area contributed by atoms with E-state index in [1.165, 1.54) is 11.5 Å². The van der Waals surface area contributed by atoms with E-state index in [2.05, 4.69) is 30.1 Å². The molecule has 0 bridgehead atoms. The summed E-state index contributed by atoms with van der Waals surface area (Å²) in [7, 11) is 0. The fourth-order valence-corrected chi connectivity index (χ4v) is 3.76. The van der Waals surface area contributed by atoms with Crippen LogP contribution in [0, 0.1) is 11.3 Å². The standard InChI is InChI=1S/C15H11ClN6S/c16-13-11(8-17)15(23-20-13)21-6-7-22-12(9-21)18-19-14(22)10-4-2-1-3-5-10/h1-5H,6-7,9H2. The van der Waals surface area contributed by atoms with E-state index in [0.29, 0.717) is 12.1 Å². The van der Waals surface area contributed by atoms with Crippen LogP contribution in [-0.2, 0) is 13.1 Å². The Kier molecular flexibility index (Phi) is 3.48. The van der Waals surface area contributed by atoms with Crippen molar-refractivity contribution in [1.82, 2.24) is 19.1 Å². The van der Waals surface area contributed by atoms with E-state index in [4.69, 9.17) is 11.6 Å². The van der Waals surface area contributed by atoms with Gasteiger partial charge in [-0.3, -0.25) is 0 Å². The lowest BCUT2D eigenvalue weighted by Gasteiger charge is -2.28. The number of nitrogens with zero attached hydrogens (tertiary/aromatic N) is 6. The first-order valence-electron chi connectivity index (χ1n) is 7.05. The van der Waals surface area contributed by atoms with Gasteiger partial charge in [-0.05, 0) is 11.5 Å². The summed E-state index contributed by atoms with van der Waals surface area (Å²) in [4.78, 5) is 2.08. The minimum Gasteiger partial charge on any atom is -0.352 e. The van der Waals surface area contributed by atoms with Gasteiger partial charge < -0.3 is 9.47 Å². The van der Waals surface area contributed by atoms with Crippen LogP contribution >= 0.6 is 23.1 Å². The van der Waals surface area contributed by atoms with Gasteiger partial charge in [0.05, 0.1) is 6.54 Å². The zero-order valence-electron chi connectivity index (χ0n) is 12.0. The van der Waals surface area contributed by atoms with Crippen molar-refractivity contribution in [2.75, 3.05) is 11.4 Å². The molecule has 3 heterocycles. The summed E-state index contributed by atoms with van der Waals surface area (Å²) in [6, 6.07) is 12.1. The molecule has 0 saturated carbocycles. The smallest absolute Gasteiger partial charge is 0.164 e. The van der Waals surface area contributed by atoms with E-state index in [1.807, 2.05) is 30.3 Å². The largest absolute Gasteiger partial charge is 0.352 e. The minimum absolute atomic E-state index is 0.268. The van der Waals surface area contributed by atoms with Crippen LogP contribution in [0.25, 0.3) is 11.4 Å². The maximum absolute atomic E-state index is 9.24. The number of halogens is 1. The maximum atomic E-state index is 9.24. The molecule has 8 heteroatoms. The quantitative estimate of drug-likeness (QED) is 0.716. The Morgan fingerprint density at radius 3 is 2.78 bits per heavy atom. The molecule has 0 aliphatic carbocycles. The molecule has 0 amide bonds. The SMILES string of the molecule is N#Cc1c(Cl)nsc1N1CCn2c(nnc2-c2ccccc2)C1. The molecule has 0 N–H and O–H groups in total. The summed E-state index contributed by atoms with van der Waals surface area (Å²) in [6.45, 7) is 2.11. The van der Waals surface area contributed by atoms with Crippen LogP contribution in [0.5, 0.6) is 0 Å². The summed E-state index contributed by atoms with van der Waals surface area (Å²) in [5.41, 5.74) is 1.49. The normalized spacial score (nSPS) is 13.7. The number of aromatic nitrogens is 4. The zero-order chi connectivity index (χ0) is 15.8. The highest BCUT2D eigenvalue weighted by atomic mass is 35.5. The highest BCUT2D eigenvalue weighted by Gasteiger charge is 2.25. The lowest BCUT2D eigenvalue weighted by atomic mass is 10.2. The summed E-state index contributed by atoms with van der Waals surface area (Å²) in [5, 5.41) is 18.9. The van der Waals surface area contributed by atoms with Crippen molar-refractivity contribution in [2.45, 2.75) is 13.1 Å². The van der Waals surface area contributed by atoms with Gasteiger partial charge in [0.15, 0.2) is 16.8 Å². The third kappa shape index (κ3) is 2.36. The molecule has 3 aromatic rings. The van der Waals surface area contributed by atoms with Crippen LogP contribution in [0.3, 0.4) is 0 Å². The van der Waals surface area contributed by atoms with Crippen LogP contribution < -0.4 is 4.90 Å². The van der Waals surface area contributed by atoms with Crippen molar-refractivity contribution < 1.29 is 0 Å². The fourth-order valence-electron chi connectivity index (χ4n) is 2.70. The number of anilines is 1. The molecular weight excluding hydrogens is 332 g/mol. The topological polar surface area (TPSA) is 70.6 Å². The molecule has 1 aliphatic heterocycles. The first-order valence-corrected chi connectivity index (χ1v) is 8.21. The third-order valence-electron chi connectivity index (χ3n) is 3.82. The van der Waals surface area contributed by atoms with Gasteiger partial charge in [-0.25, -0.2) is 0 Å². The monoisotopic (exact) mass is 342 g/mol. The number of rotatable bonds is 2. The highest BCUT2D eigenvalue weighted by Crippen LogP contribution is 2.33. The van der Waals surface area contributed by atoms with Gasteiger partial charge >= 0.3 is 0 Å². The zero-order valence-corrected chi connectivity index (χ0v) is 13.5. The van der Waals surface area contributed by atoms with E-state index < -0.39 is 0 Å². The molecule has 0 saturated heterocycles. The number of fused-ring (bicyclic) bond motifs is 1. The van der Waals surface area contributed by atoms with Crippen molar-refractivity contribution in [3.05, 3.63) is 46.9 Å². The molecule has 0 spiro atoms. The van der Waals surface area contributed by atoms with Crippen molar-refractivity contribution in [2.24, 2.45) is 0 Å². The average molecular weight is 343 g/mol. The Hall–Kier alpha value is -2.43. The average Bonchev–Trinajstić information content (AvgIpc) is 3.18. The summed E-state index contributed by atoms with van der Waals surface area (Å²) >= 11 is 7.21. The lowest BCUT2D eigenvalue weighted by Crippen LogP contribution is -2.33. The summed E-state index contributed by atoms with van der Waals surface area (Å²) < 4.78 is 6.20. The van der Waals surface area contributed by atoms with Crippen LogP contribution in [0.2, 0.25) is 5.15 Å². The van der Waals surface area contributed by atoms with E-state index >= 15 is 0 Å². The van der Waals surface area contributed by atoms with Crippen molar-refractivity contribution in [1.29, 1.82) is 5.26 Å². The number of hydrogen-bond acceptors (Lipinski definition) is 6. The second-order valence-electron chi connectivity index (χ2n) is 5.14. The van der Waals surface area contributed by atoms with Gasteiger partial charge in [0, 0.05) is 18.7 Å². The molecule has 2 aromatic heterocycles. The first-order chi connectivity index (χ1) is 11.3. The van der Waals surface area contributed by atoms with E-state index in [9.17, 15) is 5.26 Å². The summed E-state index contributed by atoms with van der Waals surface area (Å²) in [6.07, 6.45) is 0. The molecule has 0 fully saturated rings. The highest BCUT2D eigenvalue weighted by molar-refractivity contribution is 7.10. The molecule has 4 rings (SSSR count). The minimum atomic E-state index is 0.268. The molecule has 1 aromatic carbocycles. The number of hydrogen-bond donors (Lipinski definition) is 0. The molecule has 114 valence electrons. The second kappa shape index (κ2) is 5.65. The van der Waals surface area contributed by atoms with E-state index in [0.717, 1.165) is 35.3 Å². The summed E-state index contributed by atoms with van der Waals surface area (Å²) in [5.74, 6) is 1.76. The first kappa shape index (κ1) is 14.2. The molecule has 6 nitrogen and oxygen atoms in total. The predicted octanol–water partition coefficient (Wildman–Crippen LogP) is 2.95. The Bertz CT molecular complexity index is 895. The van der Waals surface area contributed by atoms with Gasteiger partial charge in [0.2, 0.25) is 0 Å². The lowest BCUT2D eigenvalue weighted by molar-refractivity contribution is 0.566. The van der Waals surface area contributed by atoms with Gasteiger partial charge in [0.25, 0.3) is 0 Å². The molecular formula is C15H11ClN6S. The van der Waals surface area contributed by atoms with Crippen LogP contribution in [0.1, 0.15) is 11.4 Å². The van der Waals surface area contributed by atoms with Crippen LogP contribution in [0.4, 0.5) is 5.00 Å². The van der Waals surface area contributed by atoms with Gasteiger partial charge in [-0.15, -0.1) is 10.2 Å². The molecule has 23 heavy (non-hydrogen) atoms. The molecule has 0 unspecified atom stereocenters. The molecule has 0 atom stereocenters. The third-order valence-corrected chi connectivity index (χ3v) is 5.10. The fraction of sp³-hybridized carbons (Fsp3) is 0.200. The Morgan fingerprint density at radius 2 is 2.00 bits per heavy atom. The second-order valence-corrected chi connectivity index (χ2v) is 6.25. The Morgan fingerprint density at radius 1 is 1.17 bits per heavy atom. The number of benzene rings is 1. The number of nitriles is 1.